The van der Waals surface area contributed by atoms with Crippen LogP contribution in [-0.4, -0.2) is 78.0 Å². The summed E-state index contributed by atoms with van der Waals surface area (Å²) in [5.74, 6) is -0.552. The van der Waals surface area contributed by atoms with E-state index in [2.05, 4.69) is 10.6 Å². The number of ether oxygens (including phenoxy) is 1. The van der Waals surface area contributed by atoms with E-state index in [1.807, 2.05) is 65.0 Å². The molecular weight excluding hydrogens is 486 g/mol. The third-order valence-corrected chi connectivity index (χ3v) is 6.01. The zero-order valence-electron chi connectivity index (χ0n) is 24.4. The molecule has 1 saturated heterocycles. The molecule has 1 aliphatic heterocycles. The summed E-state index contributed by atoms with van der Waals surface area (Å²) in [6, 6.07) is 9.24. The summed E-state index contributed by atoms with van der Waals surface area (Å²) < 4.78 is 5.25. The standard InChI is InChI=1S/C19H36N4O4.C9H11NO/c1-12-9-13(20)10-23(12)16(25)15(18(2,3)4)21-14(24)11-22(8)17(26)27-19(5,6)7;1-8(10-7-11)9-5-3-2-4-6-9/h12-13,15H,9-11,20H2,1-8H3,(H,21,24);2-8H,1H3,(H,10,11). The van der Waals surface area contributed by atoms with Gasteiger partial charge in [-0.15, -0.1) is 0 Å². The first-order chi connectivity index (χ1) is 17.5. The van der Waals surface area contributed by atoms with E-state index in [1.165, 1.54) is 11.9 Å². The van der Waals surface area contributed by atoms with Crippen LogP contribution in [0.25, 0.3) is 0 Å². The minimum atomic E-state index is -0.704. The van der Waals surface area contributed by atoms with E-state index in [-0.39, 0.29) is 30.6 Å². The molecule has 0 aliphatic carbocycles. The highest BCUT2D eigenvalue weighted by molar-refractivity contribution is 5.90. The van der Waals surface area contributed by atoms with Crippen LogP contribution >= 0.6 is 0 Å². The summed E-state index contributed by atoms with van der Waals surface area (Å²) in [4.78, 5) is 50.6. The van der Waals surface area contributed by atoms with Gasteiger partial charge in [-0.2, -0.15) is 0 Å². The molecule has 1 fully saturated rings. The molecule has 4 N–H and O–H groups in total. The molecule has 0 aromatic heterocycles. The molecule has 1 aliphatic rings. The Labute approximate surface area is 227 Å². The average molecular weight is 534 g/mol. The van der Waals surface area contributed by atoms with Crippen molar-refractivity contribution in [2.75, 3.05) is 20.1 Å². The van der Waals surface area contributed by atoms with E-state index in [9.17, 15) is 19.2 Å². The van der Waals surface area contributed by atoms with Gasteiger partial charge >= 0.3 is 6.09 Å². The first-order valence-electron chi connectivity index (χ1n) is 13.0. The molecular formula is C28H47N5O5. The molecule has 0 bridgehead atoms. The summed E-state index contributed by atoms with van der Waals surface area (Å²) in [6.45, 7) is 15.2. The predicted molar refractivity (Wildman–Crippen MR) is 148 cm³/mol. The third-order valence-electron chi connectivity index (χ3n) is 6.01. The van der Waals surface area contributed by atoms with Gasteiger partial charge in [-0.1, -0.05) is 51.1 Å². The van der Waals surface area contributed by atoms with Gasteiger partial charge in [0.25, 0.3) is 0 Å². The Bertz CT molecular complexity index is 926. The lowest BCUT2D eigenvalue weighted by atomic mass is 9.85. The van der Waals surface area contributed by atoms with E-state index in [0.717, 1.165) is 18.4 Å². The van der Waals surface area contributed by atoms with Gasteiger partial charge in [0.2, 0.25) is 18.2 Å². The van der Waals surface area contributed by atoms with Crippen molar-refractivity contribution in [1.82, 2.24) is 20.4 Å². The number of carbonyl (C=O) groups excluding carboxylic acids is 4. The third kappa shape index (κ3) is 11.1. The van der Waals surface area contributed by atoms with E-state index in [1.54, 1.807) is 25.7 Å². The first-order valence-corrected chi connectivity index (χ1v) is 13.0. The number of rotatable bonds is 7. The fourth-order valence-electron chi connectivity index (χ4n) is 3.96. The van der Waals surface area contributed by atoms with Crippen LogP contribution in [0.15, 0.2) is 30.3 Å². The van der Waals surface area contributed by atoms with Crippen LogP contribution in [0.3, 0.4) is 0 Å². The topological polar surface area (TPSA) is 134 Å². The molecule has 1 aromatic carbocycles. The summed E-state index contributed by atoms with van der Waals surface area (Å²) >= 11 is 0. The van der Waals surface area contributed by atoms with Gasteiger partial charge in [-0.3, -0.25) is 14.4 Å². The number of nitrogens with zero attached hydrogens (tertiary/aromatic N) is 2. The van der Waals surface area contributed by atoms with Crippen molar-refractivity contribution in [3.63, 3.8) is 0 Å². The molecule has 38 heavy (non-hydrogen) atoms. The number of likely N-dealkylation sites (N-methyl/N-ethyl adjacent to an activating group) is 1. The fourth-order valence-corrected chi connectivity index (χ4v) is 3.96. The summed E-state index contributed by atoms with van der Waals surface area (Å²) in [5, 5.41) is 5.48. The molecule has 1 heterocycles. The van der Waals surface area contributed by atoms with Crippen molar-refractivity contribution < 1.29 is 23.9 Å². The summed E-state index contributed by atoms with van der Waals surface area (Å²) in [6.07, 6.45) is 0.880. The Morgan fingerprint density at radius 1 is 1.16 bits per heavy atom. The lowest BCUT2D eigenvalue weighted by Crippen LogP contribution is -2.57. The Kier molecular flexibility index (Phi) is 12.2. The Balaban J connectivity index is 0.000000544. The minimum absolute atomic E-state index is 0.0405. The smallest absolute Gasteiger partial charge is 0.410 e. The number of amides is 4. The van der Waals surface area contributed by atoms with Crippen LogP contribution in [0, 0.1) is 5.41 Å². The van der Waals surface area contributed by atoms with Crippen LogP contribution in [0.4, 0.5) is 4.79 Å². The lowest BCUT2D eigenvalue weighted by Gasteiger charge is -2.35. The highest BCUT2D eigenvalue weighted by Crippen LogP contribution is 2.25. The summed E-state index contributed by atoms with van der Waals surface area (Å²) in [5.41, 5.74) is 5.97. The Morgan fingerprint density at radius 3 is 2.18 bits per heavy atom. The fraction of sp³-hybridized carbons (Fsp3) is 0.643. The van der Waals surface area contributed by atoms with Gasteiger partial charge in [-0.25, -0.2) is 4.79 Å². The molecule has 1 aromatic rings. The Morgan fingerprint density at radius 2 is 1.74 bits per heavy atom. The van der Waals surface area contributed by atoms with Gasteiger partial charge in [0.05, 0.1) is 6.04 Å². The highest BCUT2D eigenvalue weighted by atomic mass is 16.6. The minimum Gasteiger partial charge on any atom is -0.444 e. The molecule has 4 atom stereocenters. The van der Waals surface area contributed by atoms with Gasteiger partial charge in [0, 0.05) is 25.7 Å². The maximum Gasteiger partial charge on any atom is 0.410 e. The van der Waals surface area contributed by atoms with E-state index < -0.39 is 29.1 Å². The second-order valence-corrected chi connectivity index (χ2v) is 12.0. The average Bonchev–Trinajstić information content (AvgIpc) is 3.14. The van der Waals surface area contributed by atoms with Gasteiger partial charge < -0.3 is 30.9 Å². The number of benzene rings is 1. The van der Waals surface area contributed by atoms with E-state index in [0.29, 0.717) is 6.54 Å². The number of likely N-dealkylation sites (tertiary alicyclic amines) is 1. The molecule has 0 saturated carbocycles. The lowest BCUT2D eigenvalue weighted by molar-refractivity contribution is -0.140. The zero-order chi connectivity index (χ0) is 29.3. The molecule has 0 spiro atoms. The molecule has 2 rings (SSSR count). The normalized spacial score (nSPS) is 18.8. The quantitative estimate of drug-likeness (QED) is 0.462. The molecule has 10 heteroatoms. The number of carbonyl (C=O) groups is 4. The van der Waals surface area contributed by atoms with Crippen LogP contribution in [0.2, 0.25) is 0 Å². The first kappa shape index (κ1) is 32.9. The van der Waals surface area contributed by atoms with Crippen LogP contribution in [0.1, 0.15) is 73.4 Å². The van der Waals surface area contributed by atoms with Crippen molar-refractivity contribution in [2.24, 2.45) is 11.1 Å². The molecule has 214 valence electrons. The van der Waals surface area contributed by atoms with Crippen molar-refractivity contribution in [3.8, 4) is 0 Å². The maximum atomic E-state index is 13.0. The SMILES string of the molecule is CC(NC=O)c1ccccc1.CC1CC(N)CN1C(=O)C(NC(=O)CN(C)C(=O)OC(C)(C)C)C(C)(C)C. The van der Waals surface area contributed by atoms with Gasteiger partial charge in [0.15, 0.2) is 0 Å². The van der Waals surface area contributed by atoms with Crippen LogP contribution in [-0.2, 0) is 19.1 Å². The van der Waals surface area contributed by atoms with Gasteiger partial charge in [-0.05, 0) is 52.0 Å². The highest BCUT2D eigenvalue weighted by Gasteiger charge is 2.40. The van der Waals surface area contributed by atoms with Crippen molar-refractivity contribution in [3.05, 3.63) is 35.9 Å². The van der Waals surface area contributed by atoms with Crippen molar-refractivity contribution in [2.45, 2.75) is 91.6 Å². The number of hydrogen-bond acceptors (Lipinski definition) is 6. The largest absolute Gasteiger partial charge is 0.444 e. The number of hydrogen-bond donors (Lipinski definition) is 3. The predicted octanol–water partition coefficient (Wildman–Crippen LogP) is 2.83. The molecule has 0 radical (unpaired) electrons. The molecule has 4 amide bonds. The van der Waals surface area contributed by atoms with Gasteiger partial charge in [0.1, 0.15) is 18.2 Å². The maximum absolute atomic E-state index is 13.0. The van der Waals surface area contributed by atoms with E-state index in [4.69, 9.17) is 10.5 Å². The summed E-state index contributed by atoms with van der Waals surface area (Å²) in [7, 11) is 1.49. The van der Waals surface area contributed by atoms with Crippen LogP contribution in [0.5, 0.6) is 0 Å². The zero-order valence-corrected chi connectivity index (χ0v) is 24.4. The number of nitrogens with two attached hydrogens (primary N) is 1. The molecule has 4 unspecified atom stereocenters. The van der Waals surface area contributed by atoms with Crippen LogP contribution < -0.4 is 16.4 Å². The monoisotopic (exact) mass is 533 g/mol. The number of nitrogens with one attached hydrogen (secondary N) is 2. The van der Waals surface area contributed by atoms with Crippen molar-refractivity contribution >= 4 is 24.3 Å². The second kappa shape index (κ2) is 14.1. The second-order valence-electron chi connectivity index (χ2n) is 12.0. The van der Waals surface area contributed by atoms with Crippen molar-refractivity contribution in [1.29, 1.82) is 0 Å². The Hall–Kier alpha value is -3.14. The molecule has 10 nitrogen and oxygen atoms in total. The van der Waals surface area contributed by atoms with E-state index >= 15 is 0 Å².